The Kier molecular flexibility index (Phi) is 3.74. The summed E-state index contributed by atoms with van der Waals surface area (Å²) in [5.74, 6) is -0.194. The Morgan fingerprint density at radius 3 is 2.79 bits per heavy atom. The zero-order valence-corrected chi connectivity index (χ0v) is 11.1. The summed E-state index contributed by atoms with van der Waals surface area (Å²) in [7, 11) is 0. The van der Waals surface area contributed by atoms with Crippen LogP contribution in [-0.4, -0.2) is 24.5 Å². The molecule has 2 rings (SSSR count). The van der Waals surface area contributed by atoms with Gasteiger partial charge in [-0.25, -0.2) is 0 Å². The number of primary amides is 1. The average Bonchev–Trinajstić information content (AvgIpc) is 2.71. The Morgan fingerprint density at radius 1 is 1.47 bits per heavy atom. The monoisotopic (exact) mass is 262 g/mol. The highest BCUT2D eigenvalue weighted by molar-refractivity contribution is 6.00. The van der Waals surface area contributed by atoms with Gasteiger partial charge in [0.25, 0.3) is 0 Å². The fourth-order valence-electron chi connectivity index (χ4n) is 2.14. The number of ether oxygens (including phenoxy) is 1. The largest absolute Gasteiger partial charge is 0.491 e. The Morgan fingerprint density at radius 2 is 2.21 bits per heavy atom. The lowest BCUT2D eigenvalue weighted by Gasteiger charge is -2.18. The summed E-state index contributed by atoms with van der Waals surface area (Å²) in [4.78, 5) is 24.6. The molecule has 2 N–H and O–H groups in total. The Bertz CT molecular complexity index is 499. The van der Waals surface area contributed by atoms with Crippen molar-refractivity contribution >= 4 is 17.5 Å². The van der Waals surface area contributed by atoms with Gasteiger partial charge in [-0.15, -0.1) is 0 Å². The summed E-state index contributed by atoms with van der Waals surface area (Å²) in [5.41, 5.74) is 6.00. The van der Waals surface area contributed by atoms with Crippen LogP contribution in [0.2, 0.25) is 0 Å². The first-order chi connectivity index (χ1) is 8.97. The number of hydrogen-bond acceptors (Lipinski definition) is 3. The fraction of sp³-hybridized carbons (Fsp3) is 0.429. The first kappa shape index (κ1) is 13.4. The maximum Gasteiger partial charge on any atom is 0.227 e. The molecule has 1 unspecified atom stereocenters. The Labute approximate surface area is 112 Å². The molecule has 1 saturated heterocycles. The molecule has 1 heterocycles. The van der Waals surface area contributed by atoms with E-state index in [1.165, 1.54) is 0 Å². The second kappa shape index (κ2) is 5.30. The third-order valence-electron chi connectivity index (χ3n) is 3.03. The van der Waals surface area contributed by atoms with Crippen molar-refractivity contribution in [3.05, 3.63) is 24.3 Å². The normalized spacial score (nSPS) is 19.0. The molecule has 0 radical (unpaired) electrons. The van der Waals surface area contributed by atoms with Gasteiger partial charge < -0.3 is 15.4 Å². The number of carbonyl (C=O) groups is 2. The maximum atomic E-state index is 11.9. The first-order valence-corrected chi connectivity index (χ1v) is 6.33. The van der Waals surface area contributed by atoms with Crippen LogP contribution in [0.1, 0.15) is 20.3 Å². The van der Waals surface area contributed by atoms with Crippen LogP contribution in [0, 0.1) is 5.92 Å². The molecule has 0 saturated carbocycles. The number of nitrogens with zero attached hydrogens (tertiary/aromatic N) is 1. The summed E-state index contributed by atoms with van der Waals surface area (Å²) in [6.45, 7) is 4.23. The van der Waals surface area contributed by atoms with Gasteiger partial charge in [-0.05, 0) is 26.0 Å². The predicted molar refractivity (Wildman–Crippen MR) is 71.9 cm³/mol. The van der Waals surface area contributed by atoms with Crippen molar-refractivity contribution in [2.75, 3.05) is 11.4 Å². The molecule has 5 nitrogen and oxygen atoms in total. The summed E-state index contributed by atoms with van der Waals surface area (Å²) >= 11 is 0. The highest BCUT2D eigenvalue weighted by atomic mass is 16.5. The molecule has 5 heteroatoms. The van der Waals surface area contributed by atoms with E-state index in [1.54, 1.807) is 11.0 Å². The number of nitrogens with two attached hydrogens (primary N) is 1. The van der Waals surface area contributed by atoms with Gasteiger partial charge in [0, 0.05) is 24.7 Å². The van der Waals surface area contributed by atoms with Gasteiger partial charge in [0.05, 0.1) is 12.0 Å². The predicted octanol–water partition coefficient (Wildman–Crippen LogP) is 1.31. The summed E-state index contributed by atoms with van der Waals surface area (Å²) in [5, 5.41) is 0. The second-order valence-corrected chi connectivity index (χ2v) is 4.97. The minimum absolute atomic E-state index is 0.0721. The minimum atomic E-state index is -0.426. The van der Waals surface area contributed by atoms with E-state index < -0.39 is 11.8 Å². The maximum absolute atomic E-state index is 11.9. The molecule has 2 amide bonds. The molecule has 19 heavy (non-hydrogen) atoms. The van der Waals surface area contributed by atoms with Crippen molar-refractivity contribution in [3.63, 3.8) is 0 Å². The number of amides is 2. The van der Waals surface area contributed by atoms with Crippen molar-refractivity contribution in [3.8, 4) is 5.75 Å². The van der Waals surface area contributed by atoms with Gasteiger partial charge in [0.15, 0.2) is 0 Å². The van der Waals surface area contributed by atoms with Crippen molar-refractivity contribution in [1.82, 2.24) is 0 Å². The molecule has 0 aromatic heterocycles. The molecule has 1 aliphatic heterocycles. The smallest absolute Gasteiger partial charge is 0.227 e. The highest BCUT2D eigenvalue weighted by Gasteiger charge is 2.33. The number of anilines is 1. The van der Waals surface area contributed by atoms with Crippen LogP contribution in [0.4, 0.5) is 5.69 Å². The Hall–Kier alpha value is -2.04. The standard InChI is InChI=1S/C14H18N2O3/c1-9(2)19-12-5-3-4-11(7-12)16-8-10(14(15)18)6-13(16)17/h3-5,7,9-10H,6,8H2,1-2H3,(H2,15,18). The van der Waals surface area contributed by atoms with E-state index in [-0.39, 0.29) is 18.4 Å². The molecule has 1 fully saturated rings. The van der Waals surface area contributed by atoms with Crippen LogP contribution in [0.15, 0.2) is 24.3 Å². The van der Waals surface area contributed by atoms with Gasteiger partial charge in [-0.2, -0.15) is 0 Å². The minimum Gasteiger partial charge on any atom is -0.491 e. The van der Waals surface area contributed by atoms with Crippen molar-refractivity contribution in [2.24, 2.45) is 11.7 Å². The van der Waals surface area contributed by atoms with Crippen LogP contribution in [0.3, 0.4) is 0 Å². The SMILES string of the molecule is CC(C)Oc1cccc(N2CC(C(N)=O)CC2=O)c1. The topological polar surface area (TPSA) is 72.6 Å². The van der Waals surface area contributed by atoms with E-state index in [1.807, 2.05) is 32.0 Å². The molecule has 0 spiro atoms. The van der Waals surface area contributed by atoms with E-state index in [2.05, 4.69) is 0 Å². The molecule has 0 bridgehead atoms. The fourth-order valence-corrected chi connectivity index (χ4v) is 2.14. The van der Waals surface area contributed by atoms with Crippen LogP contribution >= 0.6 is 0 Å². The summed E-state index contributed by atoms with van der Waals surface area (Å²) in [6, 6.07) is 7.31. The van der Waals surface area contributed by atoms with E-state index in [9.17, 15) is 9.59 Å². The van der Waals surface area contributed by atoms with Gasteiger partial charge >= 0.3 is 0 Å². The lowest BCUT2D eigenvalue weighted by Crippen LogP contribution is -2.28. The van der Waals surface area contributed by atoms with Crippen LogP contribution < -0.4 is 15.4 Å². The number of rotatable bonds is 4. The van der Waals surface area contributed by atoms with Gasteiger partial charge in [0.2, 0.25) is 11.8 Å². The zero-order valence-electron chi connectivity index (χ0n) is 11.1. The molecule has 1 aromatic carbocycles. The number of benzene rings is 1. The van der Waals surface area contributed by atoms with Crippen molar-refractivity contribution < 1.29 is 14.3 Å². The molecule has 1 aliphatic rings. The Balaban J connectivity index is 2.18. The molecule has 1 aromatic rings. The van der Waals surface area contributed by atoms with E-state index in [0.717, 1.165) is 5.69 Å². The molecular formula is C14H18N2O3. The molecule has 0 aliphatic carbocycles. The zero-order chi connectivity index (χ0) is 14.0. The second-order valence-electron chi connectivity index (χ2n) is 4.97. The van der Waals surface area contributed by atoms with Crippen LogP contribution in [-0.2, 0) is 9.59 Å². The van der Waals surface area contributed by atoms with Gasteiger partial charge in [-0.1, -0.05) is 6.07 Å². The summed E-state index contributed by atoms with van der Waals surface area (Å²) < 4.78 is 5.59. The van der Waals surface area contributed by atoms with E-state index >= 15 is 0 Å². The lowest BCUT2D eigenvalue weighted by molar-refractivity contribution is -0.123. The van der Waals surface area contributed by atoms with Crippen molar-refractivity contribution in [1.29, 1.82) is 0 Å². The highest BCUT2D eigenvalue weighted by Crippen LogP contribution is 2.28. The van der Waals surface area contributed by atoms with Gasteiger partial charge in [0.1, 0.15) is 5.75 Å². The van der Waals surface area contributed by atoms with E-state index in [4.69, 9.17) is 10.5 Å². The van der Waals surface area contributed by atoms with E-state index in [0.29, 0.717) is 12.3 Å². The number of carbonyl (C=O) groups excluding carboxylic acids is 2. The third-order valence-corrected chi connectivity index (χ3v) is 3.03. The number of hydrogen-bond donors (Lipinski definition) is 1. The van der Waals surface area contributed by atoms with Crippen LogP contribution in [0.5, 0.6) is 5.75 Å². The molecular weight excluding hydrogens is 244 g/mol. The first-order valence-electron chi connectivity index (χ1n) is 6.33. The third kappa shape index (κ3) is 3.05. The van der Waals surface area contributed by atoms with Gasteiger partial charge in [-0.3, -0.25) is 9.59 Å². The average molecular weight is 262 g/mol. The molecule has 1 atom stereocenters. The lowest BCUT2D eigenvalue weighted by atomic mass is 10.1. The quantitative estimate of drug-likeness (QED) is 0.889. The van der Waals surface area contributed by atoms with Crippen LogP contribution in [0.25, 0.3) is 0 Å². The molecule has 102 valence electrons. The van der Waals surface area contributed by atoms with Crippen molar-refractivity contribution in [2.45, 2.75) is 26.4 Å². The summed E-state index contributed by atoms with van der Waals surface area (Å²) in [6.07, 6.45) is 0.257.